The molecule has 2 aromatic carbocycles. The van der Waals surface area contributed by atoms with Crippen LogP contribution in [0.5, 0.6) is 5.75 Å². The van der Waals surface area contributed by atoms with Crippen molar-refractivity contribution in [3.05, 3.63) is 86.1 Å². The molecule has 7 heteroatoms. The van der Waals surface area contributed by atoms with Crippen molar-refractivity contribution in [1.82, 2.24) is 14.2 Å². The number of hydrogen-bond acceptors (Lipinski definition) is 4. The van der Waals surface area contributed by atoms with E-state index in [1.807, 2.05) is 24.3 Å². The quantitative estimate of drug-likeness (QED) is 0.220. The highest BCUT2D eigenvalue weighted by Crippen LogP contribution is 2.24. The van der Waals surface area contributed by atoms with Gasteiger partial charge in [-0.05, 0) is 82.1 Å². The molecule has 2 atom stereocenters. The van der Waals surface area contributed by atoms with Crippen LogP contribution in [0, 0.1) is 13.8 Å². The zero-order chi connectivity index (χ0) is 26.0. The van der Waals surface area contributed by atoms with Gasteiger partial charge in [-0.25, -0.2) is 4.98 Å². The molecule has 0 aliphatic carbocycles. The van der Waals surface area contributed by atoms with Gasteiger partial charge < -0.3 is 9.30 Å². The normalized spacial score (nSPS) is 13.4. The van der Waals surface area contributed by atoms with Crippen LogP contribution in [0.3, 0.4) is 0 Å². The number of halogens is 1. The Morgan fingerprint density at radius 1 is 1.06 bits per heavy atom. The molecule has 2 aromatic heterocycles. The van der Waals surface area contributed by atoms with Crippen LogP contribution < -0.4 is 10.3 Å². The highest BCUT2D eigenvalue weighted by molar-refractivity contribution is 9.10. The molecule has 0 N–H and O–H groups in total. The van der Waals surface area contributed by atoms with E-state index in [1.165, 1.54) is 4.68 Å². The maximum absolute atomic E-state index is 13.4. The predicted molar refractivity (Wildman–Crippen MR) is 151 cm³/mol. The lowest BCUT2D eigenvalue weighted by molar-refractivity contribution is 0.217. The Hall–Kier alpha value is -3.19. The predicted octanol–water partition coefficient (Wildman–Crippen LogP) is 7.14. The van der Waals surface area contributed by atoms with Gasteiger partial charge in [-0.1, -0.05) is 36.7 Å². The van der Waals surface area contributed by atoms with Gasteiger partial charge in [0.2, 0.25) is 0 Å². The largest absolute Gasteiger partial charge is 0.491 e. The van der Waals surface area contributed by atoms with E-state index >= 15 is 0 Å². The SMILES string of the molecule is CC[C@@H](C)c1nc2ccc(Br)cc2c(=O)n1N=Cc1cc(C)n(-c2ccc(O[C@@H](C)CC)cc2)c1C. The lowest BCUT2D eigenvalue weighted by atomic mass is 10.1. The first kappa shape index (κ1) is 25.9. The summed E-state index contributed by atoms with van der Waals surface area (Å²) in [6, 6.07) is 15.8. The summed E-state index contributed by atoms with van der Waals surface area (Å²) in [7, 11) is 0. The summed E-state index contributed by atoms with van der Waals surface area (Å²) < 4.78 is 10.4. The highest BCUT2D eigenvalue weighted by atomic mass is 79.9. The van der Waals surface area contributed by atoms with Crippen molar-refractivity contribution in [3.8, 4) is 11.4 Å². The van der Waals surface area contributed by atoms with E-state index in [-0.39, 0.29) is 17.6 Å². The zero-order valence-corrected chi connectivity index (χ0v) is 23.3. The van der Waals surface area contributed by atoms with E-state index in [9.17, 15) is 4.79 Å². The fraction of sp³-hybridized carbons (Fsp3) is 0.345. The van der Waals surface area contributed by atoms with Crippen molar-refractivity contribution in [2.75, 3.05) is 0 Å². The molecular weight excluding hydrogens is 516 g/mol. The average Bonchev–Trinajstić information content (AvgIpc) is 3.16. The Balaban J connectivity index is 1.73. The third-order valence-corrected chi connectivity index (χ3v) is 7.17. The van der Waals surface area contributed by atoms with Gasteiger partial charge in [0.15, 0.2) is 0 Å². The van der Waals surface area contributed by atoms with E-state index < -0.39 is 0 Å². The number of ether oxygens (including phenoxy) is 1. The molecule has 6 nitrogen and oxygen atoms in total. The summed E-state index contributed by atoms with van der Waals surface area (Å²) in [4.78, 5) is 18.2. The van der Waals surface area contributed by atoms with Gasteiger partial charge >= 0.3 is 0 Å². The molecule has 0 radical (unpaired) electrons. The van der Waals surface area contributed by atoms with Gasteiger partial charge in [-0.3, -0.25) is 4.79 Å². The van der Waals surface area contributed by atoms with Crippen LogP contribution in [0.25, 0.3) is 16.6 Å². The summed E-state index contributed by atoms with van der Waals surface area (Å²) >= 11 is 3.46. The minimum absolute atomic E-state index is 0.0893. The van der Waals surface area contributed by atoms with Gasteiger partial charge in [0, 0.05) is 33.0 Å². The molecular formula is C29H33BrN4O2. The van der Waals surface area contributed by atoms with Gasteiger partial charge in [0.05, 0.1) is 23.2 Å². The molecule has 0 fully saturated rings. The van der Waals surface area contributed by atoms with Gasteiger partial charge in [0.1, 0.15) is 11.6 Å². The number of fused-ring (bicyclic) bond motifs is 1. The molecule has 188 valence electrons. The van der Waals surface area contributed by atoms with Crippen molar-refractivity contribution >= 4 is 33.0 Å². The number of aryl methyl sites for hydroxylation is 1. The summed E-state index contributed by atoms with van der Waals surface area (Å²) in [6.45, 7) is 12.5. The first-order chi connectivity index (χ1) is 17.2. The Morgan fingerprint density at radius 3 is 2.44 bits per heavy atom. The monoisotopic (exact) mass is 548 g/mol. The van der Waals surface area contributed by atoms with E-state index in [4.69, 9.17) is 9.72 Å². The average molecular weight is 550 g/mol. The molecule has 0 bridgehead atoms. The Morgan fingerprint density at radius 2 is 1.78 bits per heavy atom. The zero-order valence-electron chi connectivity index (χ0n) is 21.7. The first-order valence-electron chi connectivity index (χ1n) is 12.5. The van der Waals surface area contributed by atoms with Crippen LogP contribution in [0.15, 0.2) is 62.9 Å². The molecule has 0 aliphatic heterocycles. The van der Waals surface area contributed by atoms with E-state index in [2.05, 4.69) is 85.3 Å². The number of benzene rings is 2. The molecule has 4 rings (SSSR count). The fourth-order valence-electron chi connectivity index (χ4n) is 4.20. The topological polar surface area (TPSA) is 61.4 Å². The molecule has 36 heavy (non-hydrogen) atoms. The van der Waals surface area contributed by atoms with Crippen LogP contribution in [-0.4, -0.2) is 26.5 Å². The van der Waals surface area contributed by atoms with Crippen LogP contribution in [0.1, 0.15) is 69.2 Å². The smallest absolute Gasteiger partial charge is 0.282 e. The lowest BCUT2D eigenvalue weighted by Crippen LogP contribution is -2.23. The molecule has 2 heterocycles. The summed E-state index contributed by atoms with van der Waals surface area (Å²) in [5.41, 5.74) is 4.64. The highest BCUT2D eigenvalue weighted by Gasteiger charge is 2.16. The van der Waals surface area contributed by atoms with Crippen molar-refractivity contribution in [3.63, 3.8) is 0 Å². The molecule has 0 spiro atoms. The van der Waals surface area contributed by atoms with Crippen molar-refractivity contribution in [2.45, 2.75) is 66.4 Å². The Kier molecular flexibility index (Phi) is 7.79. The summed E-state index contributed by atoms with van der Waals surface area (Å²) in [5.74, 6) is 1.62. The molecule has 4 aromatic rings. The third kappa shape index (κ3) is 5.16. The minimum atomic E-state index is -0.168. The molecule has 0 aliphatic rings. The Bertz CT molecular complexity index is 1470. The van der Waals surface area contributed by atoms with Crippen LogP contribution in [-0.2, 0) is 0 Å². The second-order valence-electron chi connectivity index (χ2n) is 9.29. The number of rotatable bonds is 8. The van der Waals surface area contributed by atoms with Gasteiger partial charge in [-0.2, -0.15) is 9.78 Å². The van der Waals surface area contributed by atoms with Gasteiger partial charge in [-0.15, -0.1) is 0 Å². The molecule has 0 saturated heterocycles. The van der Waals surface area contributed by atoms with Crippen LogP contribution >= 0.6 is 15.9 Å². The number of aromatic nitrogens is 3. The standard InChI is InChI=1S/C29H33BrN4O2/c1-7-18(3)28-32-27-14-9-23(30)16-26(27)29(35)34(28)31-17-22-15-19(4)33(21(22)6)24-10-12-25(13-11-24)36-20(5)8-2/h9-18,20H,7-8H2,1-6H3/t18-,20+/m1/s1. The first-order valence-corrected chi connectivity index (χ1v) is 13.2. The fourth-order valence-corrected chi connectivity index (χ4v) is 4.57. The third-order valence-electron chi connectivity index (χ3n) is 6.68. The summed E-state index contributed by atoms with van der Waals surface area (Å²) in [6.07, 6.45) is 3.77. The minimum Gasteiger partial charge on any atom is -0.491 e. The number of hydrogen-bond donors (Lipinski definition) is 0. The van der Waals surface area contributed by atoms with Crippen molar-refractivity contribution < 1.29 is 4.74 Å². The van der Waals surface area contributed by atoms with Crippen LogP contribution in [0.4, 0.5) is 0 Å². The van der Waals surface area contributed by atoms with Crippen LogP contribution in [0.2, 0.25) is 0 Å². The summed E-state index contributed by atoms with van der Waals surface area (Å²) in [5, 5.41) is 5.20. The van der Waals surface area contributed by atoms with E-state index in [1.54, 1.807) is 12.3 Å². The van der Waals surface area contributed by atoms with Crippen molar-refractivity contribution in [2.24, 2.45) is 5.10 Å². The second kappa shape index (κ2) is 10.8. The molecule has 0 amide bonds. The Labute approximate surface area is 220 Å². The van der Waals surface area contributed by atoms with E-state index in [0.717, 1.165) is 45.7 Å². The lowest BCUT2D eigenvalue weighted by Gasteiger charge is -2.14. The van der Waals surface area contributed by atoms with Crippen molar-refractivity contribution in [1.29, 1.82) is 0 Å². The maximum atomic E-state index is 13.4. The van der Waals surface area contributed by atoms with Gasteiger partial charge in [0.25, 0.3) is 5.56 Å². The maximum Gasteiger partial charge on any atom is 0.282 e. The number of nitrogens with zero attached hydrogens (tertiary/aromatic N) is 4. The van der Waals surface area contributed by atoms with E-state index in [0.29, 0.717) is 16.7 Å². The molecule has 0 saturated carbocycles. The second-order valence-corrected chi connectivity index (χ2v) is 10.2. The molecule has 0 unspecified atom stereocenters.